The lowest BCUT2D eigenvalue weighted by molar-refractivity contribution is -0.133. The smallest absolute Gasteiger partial charge is 0.245 e. The van der Waals surface area contributed by atoms with E-state index in [-0.39, 0.29) is 11.9 Å². The number of rotatable bonds is 3. The molecule has 3 heterocycles. The van der Waals surface area contributed by atoms with Crippen molar-refractivity contribution in [1.29, 1.82) is 0 Å². The quantitative estimate of drug-likeness (QED) is 0.820. The first-order valence-corrected chi connectivity index (χ1v) is 7.75. The molecule has 2 aliphatic heterocycles. The van der Waals surface area contributed by atoms with E-state index < -0.39 is 0 Å². The molecule has 0 radical (unpaired) electrons. The summed E-state index contributed by atoms with van der Waals surface area (Å²) in [6.45, 7) is 9.44. The Hall–Kier alpha value is -1.40. The van der Waals surface area contributed by atoms with Crippen molar-refractivity contribution in [2.75, 3.05) is 39.4 Å². The van der Waals surface area contributed by atoms with Gasteiger partial charge in [-0.25, -0.2) is 4.98 Å². The van der Waals surface area contributed by atoms with E-state index in [1.807, 2.05) is 22.6 Å². The zero-order valence-corrected chi connectivity index (χ0v) is 12.8. The predicted molar refractivity (Wildman–Crippen MR) is 78.9 cm³/mol. The van der Waals surface area contributed by atoms with E-state index in [2.05, 4.69) is 16.8 Å². The monoisotopic (exact) mass is 292 g/mol. The lowest BCUT2D eigenvalue weighted by atomic mass is 10.0. The molecule has 21 heavy (non-hydrogen) atoms. The molecule has 0 aromatic carbocycles. The van der Waals surface area contributed by atoms with Gasteiger partial charge >= 0.3 is 0 Å². The number of hydrogen-bond donors (Lipinski definition) is 0. The summed E-state index contributed by atoms with van der Waals surface area (Å²) in [4.78, 5) is 21.2. The van der Waals surface area contributed by atoms with Gasteiger partial charge in [0.2, 0.25) is 5.91 Å². The summed E-state index contributed by atoms with van der Waals surface area (Å²) in [5.41, 5.74) is 0. The third-order valence-electron chi connectivity index (χ3n) is 4.73. The van der Waals surface area contributed by atoms with E-state index in [0.29, 0.717) is 12.0 Å². The molecule has 116 valence electrons. The molecule has 6 nitrogen and oxygen atoms in total. The van der Waals surface area contributed by atoms with Crippen LogP contribution >= 0.6 is 0 Å². The Morgan fingerprint density at radius 2 is 2.10 bits per heavy atom. The number of imidazole rings is 1. The number of aromatic nitrogens is 2. The van der Waals surface area contributed by atoms with E-state index in [4.69, 9.17) is 4.74 Å². The van der Waals surface area contributed by atoms with Gasteiger partial charge in [0.15, 0.2) is 0 Å². The molecule has 2 saturated heterocycles. The second-order valence-corrected chi connectivity index (χ2v) is 6.12. The van der Waals surface area contributed by atoms with E-state index in [1.54, 1.807) is 12.5 Å². The average Bonchev–Trinajstić information content (AvgIpc) is 3.16. The lowest BCUT2D eigenvalue weighted by Crippen LogP contribution is -2.47. The molecule has 3 rings (SSSR count). The highest BCUT2D eigenvalue weighted by Gasteiger charge is 2.37. The summed E-state index contributed by atoms with van der Waals surface area (Å²) >= 11 is 0. The number of carbonyl (C=O) groups excluding carboxylic acids is 1. The Bertz CT molecular complexity index is 470. The number of amides is 1. The molecular weight excluding hydrogens is 268 g/mol. The maximum absolute atomic E-state index is 12.7. The van der Waals surface area contributed by atoms with Gasteiger partial charge in [0.05, 0.1) is 19.5 Å². The molecule has 1 aromatic rings. The van der Waals surface area contributed by atoms with Crippen molar-refractivity contribution in [2.24, 2.45) is 5.92 Å². The number of nitrogens with zero attached hydrogens (tertiary/aromatic N) is 4. The first-order chi connectivity index (χ1) is 10.2. The molecule has 1 aromatic heterocycles. The van der Waals surface area contributed by atoms with Gasteiger partial charge in [-0.3, -0.25) is 9.69 Å². The molecule has 0 unspecified atom stereocenters. The van der Waals surface area contributed by atoms with Crippen molar-refractivity contribution in [1.82, 2.24) is 19.4 Å². The van der Waals surface area contributed by atoms with Crippen LogP contribution in [0, 0.1) is 5.92 Å². The second-order valence-electron chi connectivity index (χ2n) is 6.12. The molecular formula is C15H24N4O2. The number of likely N-dealkylation sites (tertiary alicyclic amines) is 1. The van der Waals surface area contributed by atoms with Crippen molar-refractivity contribution >= 4 is 5.91 Å². The Morgan fingerprint density at radius 3 is 2.76 bits per heavy atom. The summed E-state index contributed by atoms with van der Waals surface area (Å²) in [5, 5.41) is 0. The number of ether oxygens (including phenoxy) is 1. The Labute approximate surface area is 125 Å². The fraction of sp³-hybridized carbons (Fsp3) is 0.733. The Kier molecular flexibility index (Phi) is 4.26. The van der Waals surface area contributed by atoms with Crippen molar-refractivity contribution in [2.45, 2.75) is 25.9 Å². The highest BCUT2D eigenvalue weighted by atomic mass is 16.5. The van der Waals surface area contributed by atoms with Gasteiger partial charge in [0, 0.05) is 44.6 Å². The van der Waals surface area contributed by atoms with E-state index in [0.717, 1.165) is 39.4 Å². The van der Waals surface area contributed by atoms with Gasteiger partial charge < -0.3 is 14.2 Å². The third kappa shape index (κ3) is 2.96. The fourth-order valence-corrected chi connectivity index (χ4v) is 3.40. The minimum atomic E-state index is -0.178. The molecule has 1 amide bonds. The van der Waals surface area contributed by atoms with Crippen LogP contribution in [-0.2, 0) is 9.53 Å². The minimum absolute atomic E-state index is 0.178. The summed E-state index contributed by atoms with van der Waals surface area (Å²) in [6.07, 6.45) is 5.27. The number of morpholine rings is 1. The summed E-state index contributed by atoms with van der Waals surface area (Å²) < 4.78 is 7.29. The highest BCUT2D eigenvalue weighted by molar-refractivity contribution is 5.80. The first-order valence-electron chi connectivity index (χ1n) is 7.75. The van der Waals surface area contributed by atoms with Crippen LogP contribution in [0.3, 0.4) is 0 Å². The molecule has 3 atom stereocenters. The highest BCUT2D eigenvalue weighted by Crippen LogP contribution is 2.24. The SMILES string of the molecule is C[C@@H]1CN(C(=O)[C@H](C)n2ccnc2)C[C@H]1N1CCOCC1. The molecule has 0 spiro atoms. The molecule has 0 N–H and O–H groups in total. The van der Waals surface area contributed by atoms with Gasteiger partial charge in [-0.2, -0.15) is 0 Å². The fourth-order valence-electron chi connectivity index (χ4n) is 3.40. The number of hydrogen-bond acceptors (Lipinski definition) is 4. The van der Waals surface area contributed by atoms with Gasteiger partial charge in [-0.05, 0) is 12.8 Å². The average molecular weight is 292 g/mol. The molecule has 2 aliphatic rings. The topological polar surface area (TPSA) is 50.6 Å². The van der Waals surface area contributed by atoms with E-state index in [9.17, 15) is 4.79 Å². The van der Waals surface area contributed by atoms with Crippen LogP contribution in [0.15, 0.2) is 18.7 Å². The van der Waals surface area contributed by atoms with Crippen LogP contribution < -0.4 is 0 Å². The van der Waals surface area contributed by atoms with Crippen LogP contribution in [0.5, 0.6) is 0 Å². The van der Waals surface area contributed by atoms with Crippen molar-refractivity contribution in [3.05, 3.63) is 18.7 Å². The molecule has 0 saturated carbocycles. The maximum atomic E-state index is 12.7. The zero-order valence-electron chi connectivity index (χ0n) is 12.8. The van der Waals surface area contributed by atoms with Crippen LogP contribution in [0.2, 0.25) is 0 Å². The van der Waals surface area contributed by atoms with Gasteiger partial charge in [-0.1, -0.05) is 6.92 Å². The van der Waals surface area contributed by atoms with Gasteiger partial charge in [-0.15, -0.1) is 0 Å². The third-order valence-corrected chi connectivity index (χ3v) is 4.73. The van der Waals surface area contributed by atoms with E-state index in [1.165, 1.54) is 0 Å². The van der Waals surface area contributed by atoms with E-state index >= 15 is 0 Å². The largest absolute Gasteiger partial charge is 0.379 e. The van der Waals surface area contributed by atoms with Gasteiger partial charge in [0.1, 0.15) is 6.04 Å². The summed E-state index contributed by atoms with van der Waals surface area (Å²) in [7, 11) is 0. The lowest BCUT2D eigenvalue weighted by Gasteiger charge is -2.34. The predicted octanol–water partition coefficient (Wildman–Crippen LogP) is 0.623. The minimum Gasteiger partial charge on any atom is -0.379 e. The van der Waals surface area contributed by atoms with Crippen molar-refractivity contribution < 1.29 is 9.53 Å². The van der Waals surface area contributed by atoms with Crippen molar-refractivity contribution in [3.63, 3.8) is 0 Å². The number of carbonyl (C=O) groups is 1. The van der Waals surface area contributed by atoms with Crippen LogP contribution in [0.1, 0.15) is 19.9 Å². The Morgan fingerprint density at radius 1 is 1.33 bits per heavy atom. The van der Waals surface area contributed by atoms with Gasteiger partial charge in [0.25, 0.3) is 0 Å². The first kappa shape index (κ1) is 14.5. The van der Waals surface area contributed by atoms with Crippen LogP contribution in [0.4, 0.5) is 0 Å². The summed E-state index contributed by atoms with van der Waals surface area (Å²) in [5.74, 6) is 0.706. The van der Waals surface area contributed by atoms with Crippen LogP contribution in [-0.4, -0.2) is 70.7 Å². The second kappa shape index (κ2) is 6.15. The summed E-state index contributed by atoms with van der Waals surface area (Å²) in [6, 6.07) is 0.288. The molecule has 6 heteroatoms. The van der Waals surface area contributed by atoms with Crippen LogP contribution in [0.25, 0.3) is 0 Å². The molecule has 0 bridgehead atoms. The van der Waals surface area contributed by atoms with Crippen molar-refractivity contribution in [3.8, 4) is 0 Å². The normalized spacial score (nSPS) is 28.8. The zero-order chi connectivity index (χ0) is 14.8. The standard InChI is InChI=1S/C15H24N4O2/c1-12-9-19(10-14(12)17-5-7-21-8-6-17)15(20)13(2)18-4-3-16-11-18/h3-4,11-14H,5-10H2,1-2H3/t12-,13+,14-/m1/s1. The molecule has 2 fully saturated rings. The maximum Gasteiger partial charge on any atom is 0.245 e. The Balaban J connectivity index is 1.63. The molecule has 0 aliphatic carbocycles.